The summed E-state index contributed by atoms with van der Waals surface area (Å²) in [6, 6.07) is 8.87. The molecule has 134 valence electrons. The number of aromatic amines is 1. The van der Waals surface area contributed by atoms with Gasteiger partial charge in [-0.1, -0.05) is 12.1 Å². The molecule has 5 rings (SSSR count). The fourth-order valence-electron chi connectivity index (χ4n) is 4.32. The summed E-state index contributed by atoms with van der Waals surface area (Å²) in [5, 5.41) is 0. The number of nitrogens with one attached hydrogen (secondary N) is 1. The summed E-state index contributed by atoms with van der Waals surface area (Å²) in [7, 11) is 0. The Morgan fingerprint density at radius 3 is 2.85 bits per heavy atom. The van der Waals surface area contributed by atoms with Gasteiger partial charge in [-0.25, -0.2) is 4.98 Å². The van der Waals surface area contributed by atoms with E-state index in [1.54, 1.807) is 12.4 Å². The number of ether oxygens (including phenoxy) is 1. The third kappa shape index (κ3) is 2.97. The number of hydrogen-bond acceptors (Lipinski definition) is 4. The van der Waals surface area contributed by atoms with Gasteiger partial charge in [0.25, 0.3) is 0 Å². The van der Waals surface area contributed by atoms with E-state index in [0.717, 1.165) is 43.0 Å². The number of H-pyrrole nitrogens is 1. The number of benzene rings is 1. The molecule has 5 nitrogen and oxygen atoms in total. The number of likely N-dealkylation sites (tertiary alicyclic amines) is 1. The van der Waals surface area contributed by atoms with Gasteiger partial charge in [0.1, 0.15) is 17.4 Å². The first-order valence-electron chi connectivity index (χ1n) is 9.55. The fraction of sp³-hybridized carbons (Fsp3) is 0.429. The highest BCUT2D eigenvalue weighted by molar-refractivity contribution is 5.71. The highest BCUT2D eigenvalue weighted by Crippen LogP contribution is 2.32. The topological polar surface area (TPSA) is 54.0 Å². The Kier molecular flexibility index (Phi) is 3.89. The van der Waals surface area contributed by atoms with Gasteiger partial charge in [-0.15, -0.1) is 0 Å². The number of hydrogen-bond donors (Lipinski definition) is 1. The van der Waals surface area contributed by atoms with Crippen molar-refractivity contribution in [2.24, 2.45) is 0 Å². The molecule has 3 aromatic rings. The molecule has 1 unspecified atom stereocenters. The van der Waals surface area contributed by atoms with E-state index in [4.69, 9.17) is 4.74 Å². The lowest BCUT2D eigenvalue weighted by Crippen LogP contribution is -2.32. The maximum absolute atomic E-state index is 5.81. The molecule has 2 aliphatic heterocycles. The van der Waals surface area contributed by atoms with E-state index < -0.39 is 0 Å². The Balaban J connectivity index is 1.23. The van der Waals surface area contributed by atoms with E-state index in [-0.39, 0.29) is 0 Å². The van der Waals surface area contributed by atoms with Crippen molar-refractivity contribution in [3.8, 4) is 5.75 Å². The highest BCUT2D eigenvalue weighted by Gasteiger charge is 2.23. The molecule has 2 aromatic heterocycles. The van der Waals surface area contributed by atoms with Crippen molar-refractivity contribution >= 4 is 11.2 Å². The number of fused-ring (bicyclic) bond motifs is 2. The van der Waals surface area contributed by atoms with Gasteiger partial charge >= 0.3 is 0 Å². The summed E-state index contributed by atoms with van der Waals surface area (Å²) in [6.07, 6.45) is 7.21. The fourth-order valence-corrected chi connectivity index (χ4v) is 4.32. The molecule has 1 fully saturated rings. The summed E-state index contributed by atoms with van der Waals surface area (Å²) in [6.45, 7) is 5.43. The zero-order valence-corrected chi connectivity index (χ0v) is 15.1. The van der Waals surface area contributed by atoms with Crippen molar-refractivity contribution in [1.82, 2.24) is 19.9 Å². The van der Waals surface area contributed by atoms with Crippen LogP contribution in [0.5, 0.6) is 5.75 Å². The average molecular weight is 348 g/mol. The molecule has 0 bridgehead atoms. The Morgan fingerprint density at radius 1 is 1.15 bits per heavy atom. The second kappa shape index (κ2) is 6.40. The molecule has 0 spiro atoms. The first-order chi connectivity index (χ1) is 12.7. The third-order valence-electron chi connectivity index (χ3n) is 5.68. The van der Waals surface area contributed by atoms with Crippen LogP contribution in [0, 0.1) is 0 Å². The van der Waals surface area contributed by atoms with Crippen LogP contribution in [0.25, 0.3) is 11.2 Å². The Bertz CT molecular complexity index is 894. The van der Waals surface area contributed by atoms with E-state index in [0.29, 0.717) is 12.0 Å². The van der Waals surface area contributed by atoms with Crippen molar-refractivity contribution in [2.75, 3.05) is 13.1 Å². The minimum absolute atomic E-state index is 0.316. The molecule has 0 radical (unpaired) electrons. The molecule has 2 aliphatic rings. The predicted molar refractivity (Wildman–Crippen MR) is 101 cm³/mol. The third-order valence-corrected chi connectivity index (χ3v) is 5.68. The summed E-state index contributed by atoms with van der Waals surface area (Å²) in [5.74, 6) is 1.65. The summed E-state index contributed by atoms with van der Waals surface area (Å²) < 4.78 is 5.81. The lowest BCUT2D eigenvalue weighted by atomic mass is 9.93. The zero-order valence-electron chi connectivity index (χ0n) is 15.1. The van der Waals surface area contributed by atoms with Gasteiger partial charge in [0, 0.05) is 37.0 Å². The monoisotopic (exact) mass is 348 g/mol. The molecule has 0 amide bonds. The number of nitrogens with zero attached hydrogens (tertiary/aromatic N) is 3. The quantitative estimate of drug-likeness (QED) is 0.785. The average Bonchev–Trinajstić information content (AvgIpc) is 3.24. The lowest BCUT2D eigenvalue weighted by molar-refractivity contribution is 0.203. The molecule has 1 atom stereocenters. The minimum Gasteiger partial charge on any atom is -0.490 e. The van der Waals surface area contributed by atoms with Crippen LogP contribution in [0.2, 0.25) is 0 Å². The molecular weight excluding hydrogens is 324 g/mol. The SMILES string of the molecule is CC1Cc2cc(CN3CCC(c4cc5nccnc5[nH]4)CC3)ccc2O1. The molecule has 4 heterocycles. The number of rotatable bonds is 3. The van der Waals surface area contributed by atoms with Gasteiger partial charge in [-0.2, -0.15) is 0 Å². The maximum atomic E-state index is 5.81. The van der Waals surface area contributed by atoms with Crippen LogP contribution in [0.1, 0.15) is 42.5 Å². The van der Waals surface area contributed by atoms with Crippen LogP contribution in [-0.4, -0.2) is 39.0 Å². The molecule has 1 aromatic carbocycles. The van der Waals surface area contributed by atoms with Gasteiger partial charge in [-0.3, -0.25) is 9.88 Å². The van der Waals surface area contributed by atoms with Crippen LogP contribution in [-0.2, 0) is 13.0 Å². The highest BCUT2D eigenvalue weighted by atomic mass is 16.5. The van der Waals surface area contributed by atoms with Crippen molar-refractivity contribution in [2.45, 2.75) is 44.8 Å². The van der Waals surface area contributed by atoms with Gasteiger partial charge in [-0.05, 0) is 56.1 Å². The van der Waals surface area contributed by atoms with E-state index in [2.05, 4.69) is 51.0 Å². The first kappa shape index (κ1) is 15.8. The number of piperidine rings is 1. The second-order valence-corrected chi connectivity index (χ2v) is 7.64. The van der Waals surface area contributed by atoms with E-state index in [1.807, 2.05) is 0 Å². The first-order valence-corrected chi connectivity index (χ1v) is 9.55. The Morgan fingerprint density at radius 2 is 2.00 bits per heavy atom. The van der Waals surface area contributed by atoms with Crippen molar-refractivity contribution in [3.05, 3.63) is 53.5 Å². The lowest BCUT2D eigenvalue weighted by Gasteiger charge is -2.31. The molecule has 5 heteroatoms. The van der Waals surface area contributed by atoms with Gasteiger partial charge in [0.2, 0.25) is 0 Å². The van der Waals surface area contributed by atoms with Crippen LogP contribution in [0.4, 0.5) is 0 Å². The van der Waals surface area contributed by atoms with Gasteiger partial charge in [0.05, 0.1) is 0 Å². The van der Waals surface area contributed by atoms with Gasteiger partial charge < -0.3 is 9.72 Å². The van der Waals surface area contributed by atoms with Gasteiger partial charge in [0.15, 0.2) is 5.65 Å². The molecule has 1 saturated heterocycles. The smallest absolute Gasteiger partial charge is 0.156 e. The zero-order chi connectivity index (χ0) is 17.5. The largest absolute Gasteiger partial charge is 0.490 e. The maximum Gasteiger partial charge on any atom is 0.156 e. The van der Waals surface area contributed by atoms with Crippen LogP contribution in [0.3, 0.4) is 0 Å². The van der Waals surface area contributed by atoms with Crippen LogP contribution >= 0.6 is 0 Å². The van der Waals surface area contributed by atoms with Crippen molar-refractivity contribution in [1.29, 1.82) is 0 Å². The second-order valence-electron chi connectivity index (χ2n) is 7.64. The van der Waals surface area contributed by atoms with Crippen LogP contribution < -0.4 is 4.74 Å². The van der Waals surface area contributed by atoms with Crippen molar-refractivity contribution < 1.29 is 4.74 Å². The molecule has 1 N–H and O–H groups in total. The van der Waals surface area contributed by atoms with E-state index in [1.165, 1.54) is 29.7 Å². The predicted octanol–water partition coefficient (Wildman–Crippen LogP) is 3.66. The van der Waals surface area contributed by atoms with Crippen molar-refractivity contribution in [3.63, 3.8) is 0 Å². The molecule has 0 saturated carbocycles. The Labute approximate surface area is 153 Å². The Hall–Kier alpha value is -2.40. The minimum atomic E-state index is 0.316. The molecule has 26 heavy (non-hydrogen) atoms. The summed E-state index contributed by atoms with van der Waals surface area (Å²) in [4.78, 5) is 14.8. The number of aromatic nitrogens is 3. The molecular formula is C21H24N4O. The summed E-state index contributed by atoms with van der Waals surface area (Å²) in [5.41, 5.74) is 5.93. The summed E-state index contributed by atoms with van der Waals surface area (Å²) >= 11 is 0. The molecule has 0 aliphatic carbocycles. The van der Waals surface area contributed by atoms with E-state index in [9.17, 15) is 0 Å². The van der Waals surface area contributed by atoms with E-state index >= 15 is 0 Å². The standard InChI is InChI=1S/C21H24N4O/c1-14-10-17-11-15(2-3-20(17)26-14)13-25-8-4-16(5-9-25)18-12-19-21(24-18)23-7-6-22-19/h2-3,6-7,11-12,14,16H,4-5,8-10,13H2,1H3,(H,23,24). The van der Waals surface area contributed by atoms with Crippen LogP contribution in [0.15, 0.2) is 36.7 Å². The normalized spacial score (nSPS) is 21.0.